The van der Waals surface area contributed by atoms with Crippen LogP contribution in [0.1, 0.15) is 44.1 Å². The van der Waals surface area contributed by atoms with Crippen LogP contribution < -0.4 is 5.32 Å². The molecule has 0 aliphatic heterocycles. The quantitative estimate of drug-likeness (QED) is 0.840. The van der Waals surface area contributed by atoms with Crippen molar-refractivity contribution in [1.82, 2.24) is 15.1 Å². The predicted octanol–water partition coefficient (Wildman–Crippen LogP) is 2.17. The zero-order chi connectivity index (χ0) is 13.5. The number of aromatic nitrogens is 2. The molecule has 0 fully saturated rings. The summed E-state index contributed by atoms with van der Waals surface area (Å²) in [7, 11) is 1.79. The Morgan fingerprint density at radius 1 is 1.39 bits per heavy atom. The van der Waals surface area contributed by atoms with Crippen LogP contribution in [-0.2, 0) is 0 Å². The van der Waals surface area contributed by atoms with Crippen LogP contribution in [0.2, 0.25) is 0 Å². The Morgan fingerprint density at radius 2 is 2.11 bits per heavy atom. The Balaban J connectivity index is 2.63. The summed E-state index contributed by atoms with van der Waals surface area (Å²) in [4.78, 5) is 13.7. The van der Waals surface area contributed by atoms with Crippen molar-refractivity contribution >= 4 is 11.7 Å². The van der Waals surface area contributed by atoms with Crippen LogP contribution in [0.25, 0.3) is 0 Å². The topological polar surface area (TPSA) is 58.1 Å². The second-order valence-electron chi connectivity index (χ2n) is 4.68. The fourth-order valence-electron chi connectivity index (χ4n) is 1.51. The molecule has 0 saturated heterocycles. The molecule has 5 nitrogen and oxygen atoms in total. The van der Waals surface area contributed by atoms with Gasteiger partial charge in [-0.3, -0.25) is 4.79 Å². The Labute approximate surface area is 109 Å². The van der Waals surface area contributed by atoms with Gasteiger partial charge < -0.3 is 10.2 Å². The van der Waals surface area contributed by atoms with Crippen LogP contribution in [0.5, 0.6) is 0 Å². The number of carbonyl (C=O) groups is 1. The summed E-state index contributed by atoms with van der Waals surface area (Å²) in [6, 6.07) is 3.80. The third-order valence-corrected chi connectivity index (χ3v) is 2.51. The first-order valence-electron chi connectivity index (χ1n) is 6.40. The Kier molecular flexibility index (Phi) is 5.55. The molecule has 0 radical (unpaired) electrons. The van der Waals surface area contributed by atoms with Crippen LogP contribution in [0, 0.1) is 0 Å². The standard InChI is InChI=1S/C13H22N4O/c1-5-6-9-17(4)13(18)11-7-8-12(16-15-11)14-10(2)3/h7-8,10H,5-6,9H2,1-4H3,(H,14,16). The van der Waals surface area contributed by atoms with Crippen molar-refractivity contribution in [3.8, 4) is 0 Å². The highest BCUT2D eigenvalue weighted by Gasteiger charge is 2.13. The van der Waals surface area contributed by atoms with E-state index in [1.807, 2.05) is 13.8 Å². The van der Waals surface area contributed by atoms with Gasteiger partial charge in [0.15, 0.2) is 5.69 Å². The summed E-state index contributed by atoms with van der Waals surface area (Å²) < 4.78 is 0. The van der Waals surface area contributed by atoms with Gasteiger partial charge in [0, 0.05) is 19.6 Å². The number of hydrogen-bond acceptors (Lipinski definition) is 4. The van der Waals surface area contributed by atoms with E-state index in [0.29, 0.717) is 17.6 Å². The molecule has 0 bridgehead atoms. The van der Waals surface area contributed by atoms with Crippen LogP contribution >= 0.6 is 0 Å². The lowest BCUT2D eigenvalue weighted by atomic mass is 10.3. The second kappa shape index (κ2) is 6.93. The molecular weight excluding hydrogens is 228 g/mol. The molecule has 0 spiro atoms. The predicted molar refractivity (Wildman–Crippen MR) is 72.7 cm³/mol. The number of rotatable bonds is 6. The fourth-order valence-corrected chi connectivity index (χ4v) is 1.51. The van der Waals surface area contributed by atoms with Crippen LogP contribution in [0.3, 0.4) is 0 Å². The van der Waals surface area contributed by atoms with Gasteiger partial charge in [0.2, 0.25) is 0 Å². The molecule has 5 heteroatoms. The lowest BCUT2D eigenvalue weighted by Crippen LogP contribution is -2.28. The molecule has 0 unspecified atom stereocenters. The van der Waals surface area contributed by atoms with E-state index in [1.165, 1.54) is 0 Å². The maximum Gasteiger partial charge on any atom is 0.274 e. The molecule has 18 heavy (non-hydrogen) atoms. The summed E-state index contributed by atoms with van der Waals surface area (Å²) in [6.07, 6.45) is 2.07. The van der Waals surface area contributed by atoms with Gasteiger partial charge in [-0.25, -0.2) is 0 Å². The first-order chi connectivity index (χ1) is 8.54. The highest BCUT2D eigenvalue weighted by molar-refractivity contribution is 5.92. The number of unbranched alkanes of at least 4 members (excludes halogenated alkanes) is 1. The Hall–Kier alpha value is -1.65. The minimum Gasteiger partial charge on any atom is -0.366 e. The maximum atomic E-state index is 12.0. The minimum atomic E-state index is -0.0768. The van der Waals surface area contributed by atoms with Crippen LogP contribution in [-0.4, -0.2) is 40.6 Å². The summed E-state index contributed by atoms with van der Waals surface area (Å²) in [5.74, 6) is 0.616. The van der Waals surface area contributed by atoms with Gasteiger partial charge in [0.25, 0.3) is 5.91 Å². The third kappa shape index (κ3) is 4.31. The summed E-state index contributed by atoms with van der Waals surface area (Å²) in [5, 5.41) is 11.1. The zero-order valence-electron chi connectivity index (χ0n) is 11.6. The molecule has 1 aromatic heterocycles. The molecule has 1 aromatic rings. The molecule has 1 amide bonds. The van der Waals surface area contributed by atoms with Crippen molar-refractivity contribution in [2.24, 2.45) is 0 Å². The van der Waals surface area contributed by atoms with Gasteiger partial charge in [0.1, 0.15) is 5.82 Å². The van der Waals surface area contributed by atoms with Crippen LogP contribution in [0.15, 0.2) is 12.1 Å². The molecule has 100 valence electrons. The maximum absolute atomic E-state index is 12.0. The van der Waals surface area contributed by atoms with E-state index in [9.17, 15) is 4.79 Å². The van der Waals surface area contributed by atoms with Gasteiger partial charge in [-0.1, -0.05) is 13.3 Å². The third-order valence-electron chi connectivity index (χ3n) is 2.51. The number of hydrogen-bond donors (Lipinski definition) is 1. The lowest BCUT2D eigenvalue weighted by molar-refractivity contribution is 0.0786. The number of amides is 1. The van der Waals surface area contributed by atoms with E-state index in [4.69, 9.17) is 0 Å². The van der Waals surface area contributed by atoms with Gasteiger partial charge in [-0.15, -0.1) is 10.2 Å². The minimum absolute atomic E-state index is 0.0768. The van der Waals surface area contributed by atoms with Gasteiger partial charge >= 0.3 is 0 Å². The molecule has 1 heterocycles. The number of nitrogens with zero attached hydrogens (tertiary/aromatic N) is 3. The van der Waals surface area contributed by atoms with Crippen molar-refractivity contribution in [3.63, 3.8) is 0 Å². The van der Waals surface area contributed by atoms with Gasteiger partial charge in [-0.2, -0.15) is 0 Å². The lowest BCUT2D eigenvalue weighted by Gasteiger charge is -2.16. The molecule has 0 aromatic carbocycles. The zero-order valence-corrected chi connectivity index (χ0v) is 11.6. The summed E-state index contributed by atoms with van der Waals surface area (Å²) in [6.45, 7) is 6.91. The van der Waals surface area contributed by atoms with E-state index >= 15 is 0 Å². The summed E-state index contributed by atoms with van der Waals surface area (Å²) in [5.41, 5.74) is 0.392. The normalized spacial score (nSPS) is 10.5. The first kappa shape index (κ1) is 14.4. The molecule has 0 saturated carbocycles. The van der Waals surface area contributed by atoms with E-state index in [-0.39, 0.29) is 5.91 Å². The molecule has 0 aliphatic carbocycles. The van der Waals surface area contributed by atoms with E-state index in [2.05, 4.69) is 22.4 Å². The fraction of sp³-hybridized carbons (Fsp3) is 0.615. The van der Waals surface area contributed by atoms with E-state index < -0.39 is 0 Å². The highest BCUT2D eigenvalue weighted by atomic mass is 16.2. The van der Waals surface area contributed by atoms with Gasteiger partial charge in [0.05, 0.1) is 0 Å². The smallest absolute Gasteiger partial charge is 0.274 e. The van der Waals surface area contributed by atoms with Crippen molar-refractivity contribution in [2.75, 3.05) is 18.9 Å². The highest BCUT2D eigenvalue weighted by Crippen LogP contribution is 2.06. The molecule has 1 rings (SSSR count). The van der Waals surface area contributed by atoms with Crippen molar-refractivity contribution < 1.29 is 4.79 Å². The molecule has 0 aliphatic rings. The monoisotopic (exact) mass is 250 g/mol. The van der Waals surface area contributed by atoms with E-state index in [1.54, 1.807) is 24.1 Å². The van der Waals surface area contributed by atoms with E-state index in [0.717, 1.165) is 19.4 Å². The average Bonchev–Trinajstić information content (AvgIpc) is 2.35. The van der Waals surface area contributed by atoms with Crippen molar-refractivity contribution in [1.29, 1.82) is 0 Å². The number of anilines is 1. The number of nitrogens with one attached hydrogen (secondary N) is 1. The Morgan fingerprint density at radius 3 is 2.61 bits per heavy atom. The summed E-state index contributed by atoms with van der Waals surface area (Å²) >= 11 is 0. The second-order valence-corrected chi connectivity index (χ2v) is 4.68. The largest absolute Gasteiger partial charge is 0.366 e. The first-order valence-corrected chi connectivity index (χ1v) is 6.40. The van der Waals surface area contributed by atoms with Crippen molar-refractivity contribution in [2.45, 2.75) is 39.7 Å². The Bertz CT molecular complexity index is 375. The molecular formula is C13H22N4O. The molecule has 1 N–H and O–H groups in total. The van der Waals surface area contributed by atoms with Crippen LogP contribution in [0.4, 0.5) is 5.82 Å². The SMILES string of the molecule is CCCCN(C)C(=O)c1ccc(NC(C)C)nn1. The van der Waals surface area contributed by atoms with Gasteiger partial charge in [-0.05, 0) is 32.4 Å². The van der Waals surface area contributed by atoms with Crippen molar-refractivity contribution in [3.05, 3.63) is 17.8 Å². The molecule has 0 atom stereocenters. The number of carbonyl (C=O) groups excluding carboxylic acids is 1. The average molecular weight is 250 g/mol.